The van der Waals surface area contributed by atoms with Crippen molar-refractivity contribution in [1.82, 2.24) is 34.9 Å². The SMILES string of the molecule is Cc1c(-c2ccc(N3CCc4cccc(C(=O)Nc5nc6ccccc6s5)c4C3)nc2C(=O)O)cnn1CC1(C)CC2(C)CC(C)CC(OCCN(CC[C@H](O)CO)C(=O)OCc3ccc(CCCCNC(=O)CN4C(=O)C=CC4=O)cc3O[C@@H]3C[C@H](C(=O)O)[C@@H](O)[C@H](O)[C@H]3O)(C2)C1. The molecule has 5 aliphatic rings. The first-order valence-corrected chi connectivity index (χ1v) is 34.1. The number of pyridine rings is 1. The van der Waals surface area contributed by atoms with E-state index in [1.807, 2.05) is 59.0 Å². The summed E-state index contributed by atoms with van der Waals surface area (Å²) < 4.78 is 22.2. The van der Waals surface area contributed by atoms with Crippen molar-refractivity contribution in [1.29, 1.82) is 0 Å². The zero-order valence-electron chi connectivity index (χ0n) is 55.3. The molecule has 2 aliphatic heterocycles. The maximum absolute atomic E-state index is 14.3. The molecule has 26 nitrogen and oxygen atoms in total. The number of nitrogens with one attached hydrogen (secondary N) is 2. The molecule has 9 N–H and O–H groups in total. The molecule has 0 saturated heterocycles. The van der Waals surface area contributed by atoms with Crippen LogP contribution < -0.4 is 20.3 Å². The Hall–Kier alpha value is -8.70. The number of hydrogen-bond acceptors (Lipinski definition) is 20. The minimum absolute atomic E-state index is 0.00682. The van der Waals surface area contributed by atoms with Gasteiger partial charge in [0.25, 0.3) is 17.7 Å². The molecular formula is C71H85N9O17S. The number of aliphatic carboxylic acids is 1. The number of aromatic carboxylic acids is 1. The van der Waals surface area contributed by atoms with E-state index in [0.717, 1.165) is 69.8 Å². The maximum Gasteiger partial charge on any atom is 0.410 e. The fourth-order valence-electron chi connectivity index (χ4n) is 15.7. The number of thiazole rings is 1. The number of fused-ring (bicyclic) bond motifs is 4. The van der Waals surface area contributed by atoms with Crippen molar-refractivity contribution in [2.24, 2.45) is 22.7 Å². The number of carbonyl (C=O) groups is 7. The van der Waals surface area contributed by atoms with Gasteiger partial charge in [-0.2, -0.15) is 5.10 Å². The Morgan fingerprint density at radius 3 is 2.42 bits per heavy atom. The fourth-order valence-corrected chi connectivity index (χ4v) is 16.5. The van der Waals surface area contributed by atoms with E-state index in [1.165, 1.54) is 16.2 Å². The van der Waals surface area contributed by atoms with Gasteiger partial charge in [0.1, 0.15) is 43.0 Å². The molecule has 3 fully saturated rings. The Bertz CT molecular complexity index is 3980. The molecule has 3 saturated carbocycles. The third-order valence-corrected chi connectivity index (χ3v) is 20.7. The lowest BCUT2D eigenvalue weighted by atomic mass is 9.51. The number of aromatic nitrogens is 4. The second kappa shape index (κ2) is 29.8. The van der Waals surface area contributed by atoms with Crippen LogP contribution in [0.15, 0.2) is 91.1 Å². The van der Waals surface area contributed by atoms with Crippen molar-refractivity contribution in [2.75, 3.05) is 56.2 Å². The number of benzene rings is 3. The third kappa shape index (κ3) is 16.0. The Kier molecular flexibility index (Phi) is 21.5. The first kappa shape index (κ1) is 70.6. The van der Waals surface area contributed by atoms with Crippen LogP contribution in [0.1, 0.15) is 127 Å². The average Bonchev–Trinajstić information content (AvgIpc) is 0.889. The molecular weight excluding hydrogens is 1280 g/mol. The highest BCUT2D eigenvalue weighted by molar-refractivity contribution is 7.22. The van der Waals surface area contributed by atoms with Crippen molar-refractivity contribution < 1.29 is 83.5 Å². The second-order valence-corrected chi connectivity index (χ2v) is 28.8. The number of ether oxygens (including phenoxy) is 3. The van der Waals surface area contributed by atoms with Gasteiger partial charge < -0.3 is 65.1 Å². The van der Waals surface area contributed by atoms with Gasteiger partial charge in [-0.25, -0.2) is 19.6 Å². The monoisotopic (exact) mass is 1370 g/mol. The molecule has 4 unspecified atom stereocenters. The van der Waals surface area contributed by atoms with Crippen LogP contribution >= 0.6 is 11.3 Å². The number of aliphatic hydroxyl groups is 5. The lowest BCUT2D eigenvalue weighted by Crippen LogP contribution is -2.57. The van der Waals surface area contributed by atoms with E-state index in [0.29, 0.717) is 96.4 Å². The summed E-state index contributed by atoms with van der Waals surface area (Å²) in [5.74, 6) is -5.13. The molecule has 10 atom stereocenters. The van der Waals surface area contributed by atoms with Gasteiger partial charge in [-0.15, -0.1) is 0 Å². The quantitative estimate of drug-likeness (QED) is 0.0198. The van der Waals surface area contributed by atoms with Crippen molar-refractivity contribution in [3.8, 4) is 16.9 Å². The zero-order valence-corrected chi connectivity index (χ0v) is 56.1. The van der Waals surface area contributed by atoms with E-state index >= 15 is 0 Å². The van der Waals surface area contributed by atoms with E-state index in [-0.39, 0.29) is 73.9 Å². The van der Waals surface area contributed by atoms with Gasteiger partial charge >= 0.3 is 18.0 Å². The molecule has 0 radical (unpaired) electrons. The van der Waals surface area contributed by atoms with Gasteiger partial charge in [-0.05, 0) is 141 Å². The largest absolute Gasteiger partial charge is 0.487 e. The van der Waals surface area contributed by atoms with E-state index in [9.17, 15) is 69.3 Å². The molecule has 98 heavy (non-hydrogen) atoms. The molecule has 3 aromatic heterocycles. The minimum Gasteiger partial charge on any atom is -0.487 e. The summed E-state index contributed by atoms with van der Waals surface area (Å²) in [6.45, 7) is 9.04. The van der Waals surface area contributed by atoms with Crippen LogP contribution in [0.25, 0.3) is 21.3 Å². The molecule has 6 aromatic rings. The number of aliphatic hydroxyl groups excluding tert-OH is 5. The number of amides is 5. The number of hydrogen-bond donors (Lipinski definition) is 9. The van der Waals surface area contributed by atoms with Crippen LogP contribution in [0, 0.1) is 29.6 Å². The summed E-state index contributed by atoms with van der Waals surface area (Å²) in [5.41, 5.74) is 4.73. The maximum atomic E-state index is 14.3. The average molecular weight is 1370 g/mol. The second-order valence-electron chi connectivity index (χ2n) is 27.7. The smallest absolute Gasteiger partial charge is 0.410 e. The molecule has 3 aliphatic carbocycles. The number of carbonyl (C=O) groups excluding carboxylic acids is 5. The number of para-hydroxylation sites is 1. The number of aryl methyl sites for hydroxylation is 1. The van der Waals surface area contributed by atoms with Crippen LogP contribution in [0.4, 0.5) is 15.7 Å². The summed E-state index contributed by atoms with van der Waals surface area (Å²) in [7, 11) is 0. The van der Waals surface area contributed by atoms with E-state index in [4.69, 9.17) is 24.3 Å². The van der Waals surface area contributed by atoms with Gasteiger partial charge in [0.05, 0.1) is 53.4 Å². The molecule has 5 amide bonds. The van der Waals surface area contributed by atoms with Gasteiger partial charge in [0.2, 0.25) is 5.91 Å². The molecule has 3 aromatic carbocycles. The van der Waals surface area contributed by atoms with Crippen LogP contribution in [-0.2, 0) is 61.2 Å². The van der Waals surface area contributed by atoms with Crippen LogP contribution in [0.2, 0.25) is 0 Å². The summed E-state index contributed by atoms with van der Waals surface area (Å²) in [6.07, 6.45) is 1.00. The van der Waals surface area contributed by atoms with Crippen molar-refractivity contribution in [3.63, 3.8) is 0 Å². The zero-order chi connectivity index (χ0) is 69.8. The summed E-state index contributed by atoms with van der Waals surface area (Å²) >= 11 is 1.40. The third-order valence-electron chi connectivity index (χ3n) is 19.7. The van der Waals surface area contributed by atoms with Gasteiger partial charge in [-0.3, -0.25) is 38.9 Å². The fraction of sp³-hybridized carbons (Fsp3) is 0.493. The molecule has 27 heteroatoms. The van der Waals surface area contributed by atoms with Crippen molar-refractivity contribution >= 4 is 74.2 Å². The highest BCUT2D eigenvalue weighted by Gasteiger charge is 2.56. The van der Waals surface area contributed by atoms with Gasteiger partial charge in [-0.1, -0.05) is 68.5 Å². The molecule has 5 heterocycles. The minimum atomic E-state index is -1.85. The predicted octanol–water partition coefficient (Wildman–Crippen LogP) is 6.44. The Morgan fingerprint density at radius 1 is 0.878 bits per heavy atom. The molecule has 0 spiro atoms. The van der Waals surface area contributed by atoms with Crippen LogP contribution in [0.5, 0.6) is 5.75 Å². The normalized spacial score (nSPS) is 24.7. The van der Waals surface area contributed by atoms with Crippen molar-refractivity contribution in [3.05, 3.63) is 130 Å². The number of anilines is 2. The predicted molar refractivity (Wildman–Crippen MR) is 359 cm³/mol. The topological polar surface area (TPSA) is 366 Å². The van der Waals surface area contributed by atoms with E-state index in [2.05, 4.69) is 36.4 Å². The molecule has 2 bridgehead atoms. The Labute approximate surface area is 570 Å². The number of carboxylic acid groups (broad SMARTS) is 2. The van der Waals surface area contributed by atoms with Gasteiger partial charge in [0, 0.05) is 85.8 Å². The number of imide groups is 1. The summed E-state index contributed by atoms with van der Waals surface area (Å²) in [5, 5.41) is 84.3. The lowest BCUT2D eigenvalue weighted by Gasteiger charge is -2.58. The van der Waals surface area contributed by atoms with Crippen LogP contribution in [-0.4, -0.2) is 189 Å². The first-order chi connectivity index (χ1) is 46.8. The van der Waals surface area contributed by atoms with Gasteiger partial charge in [0.15, 0.2) is 10.8 Å². The highest BCUT2D eigenvalue weighted by atomic mass is 32.1. The Morgan fingerprint density at radius 2 is 1.66 bits per heavy atom. The first-order valence-electron chi connectivity index (χ1n) is 33.3. The van der Waals surface area contributed by atoms with Crippen LogP contribution in [0.3, 0.4) is 0 Å². The van der Waals surface area contributed by atoms with Crippen molar-refractivity contribution in [2.45, 2.75) is 154 Å². The van der Waals surface area contributed by atoms with E-state index in [1.54, 1.807) is 36.5 Å². The number of rotatable bonds is 27. The highest BCUT2D eigenvalue weighted by Crippen LogP contribution is 2.60. The number of carboxylic acids is 2. The molecule has 522 valence electrons. The standard InChI is InChI=1S/C71H85N9O17S/c1-41-30-69(3)37-70(4,40-80-42(2)50(32-73-80)47-17-18-56(75-60(47)66(92)93)78-24-21-44-11-9-12-48(51(44)33-78)64(89)76-67-74-52-13-5-6-14-55(52)98-67)39-71(31-41,38-69)96-27-26-77(25-22-46(82)35-81)68(94)95-36-45-16-15-43(10-7-8-23-72-57(83)34-79-58(84)19-20-59(79)85)28-53(45)97-54-29-49(65(90)91)61(86)63(88)62(54)87/h5-6,9,11-20,28,32,41,46,49,54,61-63,81-82,86-88H,7-8,10,21-27,29-31,33-40H2,1-4H3,(H,72,83)(H,90,91)(H,92,93)(H,74,76,89)/t41?,46-,49-,54+,61+,62-,63-,69?,70?,71?/m0/s1. The Balaban J connectivity index is 0.751. The number of unbranched alkanes of at least 4 members (excludes halogenated alkanes) is 1. The summed E-state index contributed by atoms with van der Waals surface area (Å²) in [4.78, 5) is 103. The molecule has 11 rings (SSSR count). The van der Waals surface area contributed by atoms with E-state index < -0.39 is 90.9 Å². The number of nitrogens with zero attached hydrogens (tertiary/aromatic N) is 7. The summed E-state index contributed by atoms with van der Waals surface area (Å²) in [6, 6.07) is 22.0. The lowest BCUT2D eigenvalue weighted by molar-refractivity contribution is -0.179.